The van der Waals surface area contributed by atoms with Crippen LogP contribution in [0.3, 0.4) is 0 Å². The Balaban J connectivity index is 1.16. The van der Waals surface area contributed by atoms with Crippen molar-refractivity contribution in [2.24, 2.45) is 5.92 Å². The normalized spacial score (nSPS) is 16.1. The first-order valence-electron chi connectivity index (χ1n) is 10.2. The van der Waals surface area contributed by atoms with Crippen molar-refractivity contribution in [2.45, 2.75) is 38.5 Å². The van der Waals surface area contributed by atoms with Gasteiger partial charge in [0, 0.05) is 0 Å². The van der Waals surface area contributed by atoms with Crippen molar-refractivity contribution in [2.75, 3.05) is 19.6 Å². The Hall–Kier alpha value is -2.33. The number of nitrogens with one attached hydrogen (secondary N) is 2. The smallest absolute Gasteiger partial charge is 0.306 e. The maximum Gasteiger partial charge on any atom is 0.323 e. The summed E-state index contributed by atoms with van der Waals surface area (Å²) >= 11 is 0. The minimum absolute atomic E-state index is 0.127. The molecule has 0 bridgehead atoms. The van der Waals surface area contributed by atoms with E-state index in [9.17, 15) is 4.79 Å². The number of aromatic amines is 2. The molecular weight excluding hydrogens is 334 g/mol. The van der Waals surface area contributed by atoms with Gasteiger partial charge >= 0.3 is 5.69 Å². The molecule has 2 heterocycles. The van der Waals surface area contributed by atoms with Crippen LogP contribution in [0.5, 0.6) is 0 Å². The number of piperidine rings is 1. The zero-order valence-corrected chi connectivity index (χ0v) is 15.9. The summed E-state index contributed by atoms with van der Waals surface area (Å²) in [4.78, 5) is 19.6. The van der Waals surface area contributed by atoms with E-state index in [0.29, 0.717) is 0 Å². The molecule has 1 aliphatic rings. The number of hydrogen-bond donors (Lipinski definition) is 2. The number of unbranched alkanes of at least 4 members (excludes halogenated alkanes) is 1. The van der Waals surface area contributed by atoms with E-state index in [1.807, 2.05) is 6.07 Å². The van der Waals surface area contributed by atoms with Gasteiger partial charge in [-0.1, -0.05) is 36.4 Å². The second kappa shape index (κ2) is 8.57. The molecule has 0 amide bonds. The predicted octanol–water partition coefficient (Wildman–Crippen LogP) is 4.13. The zero-order chi connectivity index (χ0) is 18.5. The van der Waals surface area contributed by atoms with Crippen LogP contribution in [0, 0.1) is 5.92 Å². The molecule has 4 rings (SSSR count). The molecule has 0 radical (unpaired) electrons. The second-order valence-corrected chi connectivity index (χ2v) is 7.89. The molecule has 2 N–H and O–H groups in total. The van der Waals surface area contributed by atoms with Gasteiger partial charge in [0.2, 0.25) is 0 Å². The van der Waals surface area contributed by atoms with Crippen LogP contribution in [0.25, 0.3) is 11.0 Å². The Labute approximate surface area is 160 Å². The number of benzene rings is 2. The van der Waals surface area contributed by atoms with Gasteiger partial charge in [-0.2, -0.15) is 0 Å². The standard InChI is InChI=1S/C23H29N3O/c27-23-24-21-10-9-19(17-22(21)25-23)8-4-5-13-26-14-11-20(12-15-26)16-18-6-2-1-3-7-18/h1-3,6-7,9-10,17,20H,4-5,8,11-16H2,(H2,24,25,27). The molecular formula is C23H29N3O. The molecule has 0 aliphatic carbocycles. The van der Waals surface area contributed by atoms with Crippen LogP contribution >= 0.6 is 0 Å². The second-order valence-electron chi connectivity index (χ2n) is 7.89. The van der Waals surface area contributed by atoms with Gasteiger partial charge in [-0.15, -0.1) is 0 Å². The maximum absolute atomic E-state index is 11.3. The lowest BCUT2D eigenvalue weighted by atomic mass is 9.90. The Bertz CT molecular complexity index is 904. The first-order valence-corrected chi connectivity index (χ1v) is 10.2. The molecule has 3 aromatic rings. The number of imidazole rings is 1. The number of H-pyrrole nitrogens is 2. The van der Waals surface area contributed by atoms with E-state index in [1.54, 1.807) is 0 Å². The lowest BCUT2D eigenvalue weighted by Crippen LogP contribution is -2.35. The van der Waals surface area contributed by atoms with Crippen LogP contribution < -0.4 is 5.69 Å². The Morgan fingerprint density at radius 2 is 1.67 bits per heavy atom. The summed E-state index contributed by atoms with van der Waals surface area (Å²) in [5.74, 6) is 0.846. The van der Waals surface area contributed by atoms with E-state index in [1.165, 1.54) is 62.9 Å². The average molecular weight is 364 g/mol. The highest BCUT2D eigenvalue weighted by Crippen LogP contribution is 2.22. The van der Waals surface area contributed by atoms with Gasteiger partial charge in [0.15, 0.2) is 0 Å². The average Bonchev–Trinajstić information content (AvgIpc) is 3.06. The molecule has 0 saturated carbocycles. The van der Waals surface area contributed by atoms with E-state index < -0.39 is 0 Å². The third kappa shape index (κ3) is 4.89. The van der Waals surface area contributed by atoms with Gasteiger partial charge in [-0.3, -0.25) is 0 Å². The molecule has 1 saturated heterocycles. The summed E-state index contributed by atoms with van der Waals surface area (Å²) in [6.07, 6.45) is 7.40. The Kier molecular flexibility index (Phi) is 5.73. The molecule has 1 aromatic heterocycles. The molecule has 0 atom stereocenters. The summed E-state index contributed by atoms with van der Waals surface area (Å²) < 4.78 is 0. The molecule has 0 spiro atoms. The van der Waals surface area contributed by atoms with Gasteiger partial charge in [0.05, 0.1) is 11.0 Å². The molecule has 4 nitrogen and oxygen atoms in total. The maximum atomic E-state index is 11.3. The number of rotatable bonds is 7. The summed E-state index contributed by atoms with van der Waals surface area (Å²) in [6, 6.07) is 17.1. The van der Waals surface area contributed by atoms with Crippen molar-refractivity contribution in [3.63, 3.8) is 0 Å². The number of aromatic nitrogens is 2. The highest BCUT2D eigenvalue weighted by atomic mass is 16.1. The number of fused-ring (bicyclic) bond motifs is 1. The summed E-state index contributed by atoms with van der Waals surface area (Å²) in [5, 5.41) is 0. The number of likely N-dealkylation sites (tertiary alicyclic amines) is 1. The first-order chi connectivity index (χ1) is 13.3. The molecule has 1 aliphatic heterocycles. The lowest BCUT2D eigenvalue weighted by molar-refractivity contribution is 0.181. The minimum atomic E-state index is -0.127. The van der Waals surface area contributed by atoms with Crippen LogP contribution in [-0.4, -0.2) is 34.5 Å². The van der Waals surface area contributed by atoms with Crippen molar-refractivity contribution < 1.29 is 0 Å². The quantitative estimate of drug-likeness (QED) is 0.620. The van der Waals surface area contributed by atoms with Crippen molar-refractivity contribution in [3.8, 4) is 0 Å². The van der Waals surface area contributed by atoms with Crippen LogP contribution in [0.1, 0.15) is 36.8 Å². The van der Waals surface area contributed by atoms with Crippen LogP contribution in [0.2, 0.25) is 0 Å². The van der Waals surface area contributed by atoms with Gasteiger partial charge < -0.3 is 14.9 Å². The van der Waals surface area contributed by atoms with Gasteiger partial charge in [-0.25, -0.2) is 4.79 Å². The molecule has 4 heteroatoms. The van der Waals surface area contributed by atoms with E-state index in [4.69, 9.17) is 0 Å². The van der Waals surface area contributed by atoms with Crippen molar-refractivity contribution >= 4 is 11.0 Å². The highest BCUT2D eigenvalue weighted by Gasteiger charge is 2.18. The topological polar surface area (TPSA) is 51.9 Å². The minimum Gasteiger partial charge on any atom is -0.306 e. The van der Waals surface area contributed by atoms with Crippen LogP contribution in [-0.2, 0) is 12.8 Å². The largest absolute Gasteiger partial charge is 0.323 e. The SMILES string of the molecule is O=c1[nH]c2ccc(CCCCN3CCC(Cc4ccccc4)CC3)cc2[nH]1. The van der Waals surface area contributed by atoms with Crippen molar-refractivity contribution in [3.05, 3.63) is 70.1 Å². The van der Waals surface area contributed by atoms with E-state index in [0.717, 1.165) is 23.4 Å². The van der Waals surface area contributed by atoms with E-state index in [2.05, 4.69) is 57.3 Å². The third-order valence-corrected chi connectivity index (χ3v) is 5.84. The first kappa shape index (κ1) is 18.1. The zero-order valence-electron chi connectivity index (χ0n) is 15.9. The summed E-state index contributed by atoms with van der Waals surface area (Å²) in [6.45, 7) is 3.70. The molecule has 27 heavy (non-hydrogen) atoms. The van der Waals surface area contributed by atoms with Gasteiger partial charge in [0.1, 0.15) is 0 Å². The predicted molar refractivity (Wildman–Crippen MR) is 111 cm³/mol. The Morgan fingerprint density at radius 1 is 0.889 bits per heavy atom. The fraction of sp³-hybridized carbons (Fsp3) is 0.435. The van der Waals surface area contributed by atoms with Crippen molar-refractivity contribution in [1.82, 2.24) is 14.9 Å². The van der Waals surface area contributed by atoms with Gasteiger partial charge in [-0.05, 0) is 87.3 Å². The molecule has 1 fully saturated rings. The fourth-order valence-corrected chi connectivity index (χ4v) is 4.26. The highest BCUT2D eigenvalue weighted by molar-refractivity contribution is 5.74. The number of aryl methyl sites for hydroxylation is 1. The monoisotopic (exact) mass is 363 g/mol. The molecule has 142 valence electrons. The third-order valence-electron chi connectivity index (χ3n) is 5.84. The summed E-state index contributed by atoms with van der Waals surface area (Å²) in [5.41, 5.74) is 4.47. The van der Waals surface area contributed by atoms with Crippen LogP contribution in [0.4, 0.5) is 0 Å². The van der Waals surface area contributed by atoms with Gasteiger partial charge in [0.25, 0.3) is 0 Å². The molecule has 0 unspecified atom stereocenters. The summed E-state index contributed by atoms with van der Waals surface area (Å²) in [7, 11) is 0. The lowest BCUT2D eigenvalue weighted by Gasteiger charge is -2.32. The molecule has 2 aromatic carbocycles. The van der Waals surface area contributed by atoms with E-state index in [-0.39, 0.29) is 5.69 Å². The van der Waals surface area contributed by atoms with E-state index >= 15 is 0 Å². The number of nitrogens with zero attached hydrogens (tertiary/aromatic N) is 1. The Morgan fingerprint density at radius 3 is 2.48 bits per heavy atom. The van der Waals surface area contributed by atoms with Crippen molar-refractivity contribution in [1.29, 1.82) is 0 Å². The number of hydrogen-bond acceptors (Lipinski definition) is 2. The fourth-order valence-electron chi connectivity index (χ4n) is 4.26. The van der Waals surface area contributed by atoms with Crippen LogP contribution in [0.15, 0.2) is 53.3 Å².